The van der Waals surface area contributed by atoms with Gasteiger partial charge in [0, 0.05) is 24.0 Å². The van der Waals surface area contributed by atoms with Gasteiger partial charge < -0.3 is 10.2 Å². The van der Waals surface area contributed by atoms with E-state index in [9.17, 15) is 4.79 Å². The molecular weight excluding hydrogens is 316 g/mol. The van der Waals surface area contributed by atoms with Crippen molar-refractivity contribution in [3.63, 3.8) is 0 Å². The molecule has 1 amide bonds. The number of piperidine rings is 1. The van der Waals surface area contributed by atoms with E-state index < -0.39 is 0 Å². The number of benzene rings is 1. The second kappa shape index (κ2) is 7.79. The van der Waals surface area contributed by atoms with E-state index in [0.29, 0.717) is 0 Å². The molecule has 1 aliphatic heterocycles. The highest BCUT2D eigenvalue weighted by molar-refractivity contribution is 9.08. The van der Waals surface area contributed by atoms with Gasteiger partial charge >= 0.3 is 0 Å². The molecule has 0 aliphatic carbocycles. The average Bonchev–Trinajstić information content (AvgIpc) is 2.49. The summed E-state index contributed by atoms with van der Waals surface area (Å²) in [6.07, 6.45) is 2.56. The van der Waals surface area contributed by atoms with E-state index in [1.54, 1.807) is 0 Å². The maximum Gasteiger partial charge on any atom is 0.251 e. The van der Waals surface area contributed by atoms with Crippen LogP contribution in [0.1, 0.15) is 35.7 Å². The fraction of sp³-hybridized carbons (Fsp3) is 0.562. The molecule has 1 aliphatic rings. The highest BCUT2D eigenvalue weighted by Crippen LogP contribution is 2.15. The standard InChI is InChI=1S/C16H23BrN2O/c1-13-6-9-19(10-7-13)11-8-18-16(20)15-4-2-14(12-17)3-5-15/h2-5,13H,6-12H2,1H3,(H,18,20). The molecule has 0 spiro atoms. The number of carbonyl (C=O) groups excluding carboxylic acids is 1. The number of hydrogen-bond donors (Lipinski definition) is 1. The van der Waals surface area contributed by atoms with E-state index in [0.717, 1.165) is 43.0 Å². The monoisotopic (exact) mass is 338 g/mol. The topological polar surface area (TPSA) is 32.3 Å². The van der Waals surface area contributed by atoms with Crippen molar-refractivity contribution in [1.29, 1.82) is 0 Å². The van der Waals surface area contributed by atoms with Crippen molar-refractivity contribution in [3.8, 4) is 0 Å². The summed E-state index contributed by atoms with van der Waals surface area (Å²) in [6.45, 7) is 6.33. The summed E-state index contributed by atoms with van der Waals surface area (Å²) in [4.78, 5) is 14.4. The van der Waals surface area contributed by atoms with Crippen LogP contribution in [-0.4, -0.2) is 37.0 Å². The number of hydrogen-bond acceptors (Lipinski definition) is 2. The molecule has 1 heterocycles. The van der Waals surface area contributed by atoms with Gasteiger partial charge in [-0.25, -0.2) is 0 Å². The Bertz CT molecular complexity index is 425. The molecule has 1 fully saturated rings. The smallest absolute Gasteiger partial charge is 0.251 e. The zero-order chi connectivity index (χ0) is 14.4. The van der Waals surface area contributed by atoms with Crippen LogP contribution in [0.5, 0.6) is 0 Å². The number of alkyl halides is 1. The minimum Gasteiger partial charge on any atom is -0.351 e. The van der Waals surface area contributed by atoms with E-state index in [2.05, 4.69) is 33.1 Å². The predicted octanol–water partition coefficient (Wildman–Crippen LogP) is 3.04. The Kier molecular flexibility index (Phi) is 6.05. The molecule has 0 atom stereocenters. The van der Waals surface area contributed by atoms with Crippen LogP contribution < -0.4 is 5.32 Å². The molecule has 0 saturated carbocycles. The van der Waals surface area contributed by atoms with Crippen molar-refractivity contribution < 1.29 is 4.79 Å². The molecule has 0 aromatic heterocycles. The Morgan fingerprint density at radius 2 is 1.95 bits per heavy atom. The SMILES string of the molecule is CC1CCN(CCNC(=O)c2ccc(CBr)cc2)CC1. The summed E-state index contributed by atoms with van der Waals surface area (Å²) < 4.78 is 0. The summed E-state index contributed by atoms with van der Waals surface area (Å²) in [6, 6.07) is 7.73. The van der Waals surface area contributed by atoms with Gasteiger partial charge in [-0.05, 0) is 49.5 Å². The molecule has 0 bridgehead atoms. The van der Waals surface area contributed by atoms with Gasteiger partial charge in [-0.3, -0.25) is 4.79 Å². The van der Waals surface area contributed by atoms with E-state index >= 15 is 0 Å². The van der Waals surface area contributed by atoms with Gasteiger partial charge in [0.15, 0.2) is 0 Å². The van der Waals surface area contributed by atoms with E-state index in [1.807, 2.05) is 24.3 Å². The van der Waals surface area contributed by atoms with Crippen LogP contribution in [0.25, 0.3) is 0 Å². The van der Waals surface area contributed by atoms with E-state index in [4.69, 9.17) is 0 Å². The molecule has 1 N–H and O–H groups in total. The molecule has 110 valence electrons. The molecular formula is C16H23BrN2O. The lowest BCUT2D eigenvalue weighted by Gasteiger charge is -2.30. The van der Waals surface area contributed by atoms with Crippen molar-refractivity contribution in [3.05, 3.63) is 35.4 Å². The molecule has 20 heavy (non-hydrogen) atoms. The van der Waals surface area contributed by atoms with Crippen LogP contribution in [0.4, 0.5) is 0 Å². The molecule has 1 aromatic carbocycles. The summed E-state index contributed by atoms with van der Waals surface area (Å²) in [5, 5.41) is 3.82. The first kappa shape index (κ1) is 15.5. The van der Waals surface area contributed by atoms with Crippen molar-refractivity contribution >= 4 is 21.8 Å². The number of nitrogens with one attached hydrogen (secondary N) is 1. The number of halogens is 1. The van der Waals surface area contributed by atoms with Crippen LogP contribution in [0.3, 0.4) is 0 Å². The van der Waals surface area contributed by atoms with Gasteiger partial charge in [0.05, 0.1) is 0 Å². The normalized spacial score (nSPS) is 17.1. The summed E-state index contributed by atoms with van der Waals surface area (Å²) in [7, 11) is 0. The van der Waals surface area contributed by atoms with Crippen molar-refractivity contribution in [2.45, 2.75) is 25.1 Å². The summed E-state index contributed by atoms with van der Waals surface area (Å²) >= 11 is 3.40. The van der Waals surface area contributed by atoms with Gasteiger partial charge in [0.1, 0.15) is 0 Å². The van der Waals surface area contributed by atoms with Gasteiger partial charge in [-0.2, -0.15) is 0 Å². The maximum atomic E-state index is 12.0. The fourth-order valence-corrected chi connectivity index (χ4v) is 2.83. The fourth-order valence-electron chi connectivity index (χ4n) is 2.46. The van der Waals surface area contributed by atoms with Crippen LogP contribution in [0.2, 0.25) is 0 Å². The Balaban J connectivity index is 1.71. The Labute approximate surface area is 129 Å². The average molecular weight is 339 g/mol. The first-order valence-corrected chi connectivity index (χ1v) is 8.46. The number of likely N-dealkylation sites (tertiary alicyclic amines) is 1. The first-order chi connectivity index (χ1) is 9.69. The quantitative estimate of drug-likeness (QED) is 0.837. The van der Waals surface area contributed by atoms with Gasteiger partial charge in [-0.15, -0.1) is 0 Å². The second-order valence-electron chi connectivity index (χ2n) is 5.61. The Morgan fingerprint density at radius 3 is 2.55 bits per heavy atom. The van der Waals surface area contributed by atoms with Crippen molar-refractivity contribution in [1.82, 2.24) is 10.2 Å². The molecule has 4 heteroatoms. The number of nitrogens with zero attached hydrogens (tertiary/aromatic N) is 1. The zero-order valence-electron chi connectivity index (χ0n) is 12.1. The number of carbonyl (C=O) groups is 1. The Hall–Kier alpha value is -0.870. The maximum absolute atomic E-state index is 12.0. The molecule has 1 aromatic rings. The van der Waals surface area contributed by atoms with E-state index in [1.165, 1.54) is 18.4 Å². The van der Waals surface area contributed by atoms with Crippen LogP contribution in [0.15, 0.2) is 24.3 Å². The second-order valence-corrected chi connectivity index (χ2v) is 6.17. The highest BCUT2D eigenvalue weighted by Gasteiger charge is 2.15. The van der Waals surface area contributed by atoms with Gasteiger partial charge in [0.2, 0.25) is 0 Å². The van der Waals surface area contributed by atoms with Crippen LogP contribution >= 0.6 is 15.9 Å². The minimum absolute atomic E-state index is 0.0245. The summed E-state index contributed by atoms with van der Waals surface area (Å²) in [5.74, 6) is 0.880. The minimum atomic E-state index is 0.0245. The molecule has 3 nitrogen and oxygen atoms in total. The lowest BCUT2D eigenvalue weighted by atomic mass is 9.99. The Morgan fingerprint density at radius 1 is 1.30 bits per heavy atom. The highest BCUT2D eigenvalue weighted by atomic mass is 79.9. The first-order valence-electron chi connectivity index (χ1n) is 7.34. The molecule has 0 radical (unpaired) electrons. The van der Waals surface area contributed by atoms with Gasteiger partial charge in [0.25, 0.3) is 5.91 Å². The zero-order valence-corrected chi connectivity index (χ0v) is 13.7. The third-order valence-corrected chi connectivity index (χ3v) is 4.61. The van der Waals surface area contributed by atoms with Crippen molar-refractivity contribution in [2.24, 2.45) is 5.92 Å². The lowest BCUT2D eigenvalue weighted by Crippen LogP contribution is -2.39. The largest absolute Gasteiger partial charge is 0.351 e. The third-order valence-electron chi connectivity index (χ3n) is 3.96. The van der Waals surface area contributed by atoms with Crippen LogP contribution in [0, 0.1) is 5.92 Å². The molecule has 0 unspecified atom stereocenters. The van der Waals surface area contributed by atoms with E-state index in [-0.39, 0.29) is 5.91 Å². The number of rotatable bonds is 5. The lowest BCUT2D eigenvalue weighted by molar-refractivity contribution is 0.0944. The molecule has 1 saturated heterocycles. The van der Waals surface area contributed by atoms with Crippen LogP contribution in [-0.2, 0) is 5.33 Å². The number of amides is 1. The van der Waals surface area contributed by atoms with Gasteiger partial charge in [-0.1, -0.05) is 35.0 Å². The molecule has 2 rings (SSSR count). The predicted molar refractivity (Wildman–Crippen MR) is 86.2 cm³/mol. The summed E-state index contributed by atoms with van der Waals surface area (Å²) in [5.41, 5.74) is 1.92. The third kappa shape index (κ3) is 4.60. The van der Waals surface area contributed by atoms with Crippen molar-refractivity contribution in [2.75, 3.05) is 26.2 Å².